The molecule has 0 saturated carbocycles. The molecule has 4 N–H and O–H groups in total. The molecule has 0 atom stereocenters. The molecule has 7 heteroatoms. The number of benzene rings is 1. The number of nitrogen functional groups attached to an aromatic ring is 1. The fraction of sp³-hybridized carbons (Fsp3) is 0.478. The number of nitrogens with two attached hydrogens (primary N) is 1. The summed E-state index contributed by atoms with van der Waals surface area (Å²) in [5, 5.41) is 14.3. The first-order valence-electron chi connectivity index (χ1n) is 10.5. The number of hydrazone groups is 1. The number of anilines is 3. The van der Waals surface area contributed by atoms with Gasteiger partial charge in [0.15, 0.2) is 0 Å². The van der Waals surface area contributed by atoms with Crippen LogP contribution in [0.2, 0.25) is 0 Å². The third-order valence-electron chi connectivity index (χ3n) is 4.32. The molecule has 0 spiro atoms. The van der Waals surface area contributed by atoms with E-state index in [1.807, 2.05) is 37.3 Å². The lowest BCUT2D eigenvalue weighted by molar-refractivity contribution is 0.0268. The highest BCUT2D eigenvalue weighted by atomic mass is 16.5. The number of aliphatic hydroxyl groups is 1. The van der Waals surface area contributed by atoms with Gasteiger partial charge in [0.2, 0.25) is 5.88 Å². The smallest absolute Gasteiger partial charge is 0.216 e. The Bertz CT molecular complexity index is 840. The molecule has 2 aromatic rings. The van der Waals surface area contributed by atoms with Gasteiger partial charge in [-0.15, -0.1) is 0 Å². The lowest BCUT2D eigenvalue weighted by atomic mass is 10.2. The van der Waals surface area contributed by atoms with Crippen molar-refractivity contribution in [3.8, 4) is 5.88 Å². The SMILES string of the molecule is CCCN(CCC)c1cc(/C=N/Nc2cc(C)ccc2N)nc(OCC(C)(C)O)c1. The van der Waals surface area contributed by atoms with Crippen molar-refractivity contribution in [3.63, 3.8) is 0 Å². The highest BCUT2D eigenvalue weighted by Gasteiger charge is 2.15. The molecule has 0 saturated heterocycles. The van der Waals surface area contributed by atoms with E-state index in [9.17, 15) is 5.11 Å². The number of ether oxygens (including phenoxy) is 1. The van der Waals surface area contributed by atoms with E-state index in [1.54, 1.807) is 20.1 Å². The second kappa shape index (κ2) is 10.8. The molecular weight excluding hydrogens is 378 g/mol. The third-order valence-corrected chi connectivity index (χ3v) is 4.32. The maximum absolute atomic E-state index is 10.00. The summed E-state index contributed by atoms with van der Waals surface area (Å²) in [7, 11) is 0. The highest BCUT2D eigenvalue weighted by Crippen LogP contribution is 2.23. The summed E-state index contributed by atoms with van der Waals surface area (Å²) < 4.78 is 5.77. The lowest BCUT2D eigenvalue weighted by Crippen LogP contribution is -2.28. The summed E-state index contributed by atoms with van der Waals surface area (Å²) in [6.07, 6.45) is 3.73. The van der Waals surface area contributed by atoms with Gasteiger partial charge in [-0.1, -0.05) is 19.9 Å². The number of hydrogen-bond acceptors (Lipinski definition) is 7. The van der Waals surface area contributed by atoms with Crippen molar-refractivity contribution in [2.75, 3.05) is 35.8 Å². The fourth-order valence-corrected chi connectivity index (χ4v) is 2.93. The zero-order chi connectivity index (χ0) is 22.1. The molecule has 164 valence electrons. The predicted octanol–water partition coefficient (Wildman–Crippen LogP) is 4.19. The number of hydrogen-bond donors (Lipinski definition) is 3. The van der Waals surface area contributed by atoms with Gasteiger partial charge in [0.1, 0.15) is 6.61 Å². The Labute approximate surface area is 180 Å². The molecule has 0 aliphatic rings. The first kappa shape index (κ1) is 23.5. The van der Waals surface area contributed by atoms with Crippen molar-refractivity contribution in [1.29, 1.82) is 0 Å². The van der Waals surface area contributed by atoms with Gasteiger partial charge in [-0.2, -0.15) is 5.10 Å². The quantitative estimate of drug-likeness (QED) is 0.290. The van der Waals surface area contributed by atoms with Crippen LogP contribution < -0.4 is 20.8 Å². The normalized spacial score (nSPS) is 11.7. The van der Waals surface area contributed by atoms with Gasteiger partial charge >= 0.3 is 0 Å². The molecule has 7 nitrogen and oxygen atoms in total. The predicted molar refractivity (Wildman–Crippen MR) is 126 cm³/mol. The Hall–Kier alpha value is -2.80. The van der Waals surface area contributed by atoms with E-state index in [4.69, 9.17) is 10.5 Å². The van der Waals surface area contributed by atoms with Gasteiger partial charge in [-0.25, -0.2) is 4.98 Å². The Morgan fingerprint density at radius 1 is 1.20 bits per heavy atom. The second-order valence-electron chi connectivity index (χ2n) is 8.14. The molecular formula is C23H35N5O2. The van der Waals surface area contributed by atoms with Gasteiger partial charge in [-0.05, 0) is 57.4 Å². The number of nitrogens with zero attached hydrogens (tertiary/aromatic N) is 3. The molecule has 1 aromatic heterocycles. The molecule has 2 rings (SSSR count). The number of aryl methyl sites for hydroxylation is 1. The zero-order valence-electron chi connectivity index (χ0n) is 18.8. The Morgan fingerprint density at radius 2 is 1.90 bits per heavy atom. The van der Waals surface area contributed by atoms with Crippen molar-refractivity contribution in [2.45, 2.75) is 53.1 Å². The molecule has 0 fully saturated rings. The van der Waals surface area contributed by atoms with Crippen LogP contribution in [0.1, 0.15) is 51.8 Å². The van der Waals surface area contributed by atoms with E-state index in [0.29, 0.717) is 17.3 Å². The number of rotatable bonds is 11. The third kappa shape index (κ3) is 7.55. The van der Waals surface area contributed by atoms with Crippen molar-refractivity contribution in [1.82, 2.24) is 4.98 Å². The highest BCUT2D eigenvalue weighted by molar-refractivity contribution is 5.80. The van der Waals surface area contributed by atoms with E-state index >= 15 is 0 Å². The van der Waals surface area contributed by atoms with Gasteiger partial charge in [0.05, 0.1) is 28.9 Å². The van der Waals surface area contributed by atoms with Crippen LogP contribution in [0.4, 0.5) is 17.1 Å². The van der Waals surface area contributed by atoms with Crippen LogP contribution >= 0.6 is 0 Å². The lowest BCUT2D eigenvalue weighted by Gasteiger charge is -2.25. The molecule has 0 aliphatic carbocycles. The van der Waals surface area contributed by atoms with Crippen LogP contribution in [0.3, 0.4) is 0 Å². The van der Waals surface area contributed by atoms with Crippen LogP contribution in [0.25, 0.3) is 0 Å². The van der Waals surface area contributed by atoms with Crippen LogP contribution in [0.5, 0.6) is 5.88 Å². The molecule has 1 heterocycles. The van der Waals surface area contributed by atoms with E-state index in [1.165, 1.54) is 0 Å². The Morgan fingerprint density at radius 3 is 2.53 bits per heavy atom. The summed E-state index contributed by atoms with van der Waals surface area (Å²) in [6, 6.07) is 9.66. The minimum absolute atomic E-state index is 0.152. The first-order chi connectivity index (χ1) is 14.2. The largest absolute Gasteiger partial charge is 0.475 e. The van der Waals surface area contributed by atoms with E-state index in [2.05, 4.69) is 34.3 Å². The minimum Gasteiger partial charge on any atom is -0.475 e. The molecule has 0 bridgehead atoms. The van der Waals surface area contributed by atoms with Crippen molar-refractivity contribution >= 4 is 23.3 Å². The average molecular weight is 414 g/mol. The van der Waals surface area contributed by atoms with E-state index < -0.39 is 5.60 Å². The van der Waals surface area contributed by atoms with Crippen LogP contribution in [-0.2, 0) is 0 Å². The standard InChI is InChI=1S/C23H35N5O2/c1-6-10-28(11-7-2)19-13-18(26-22(14-19)30-16-23(4,5)29)15-25-27-21-12-17(3)8-9-20(21)24/h8-9,12-15,27,29H,6-7,10-11,16,24H2,1-5H3/b25-15+. The summed E-state index contributed by atoms with van der Waals surface area (Å²) in [5.74, 6) is 0.461. The number of pyridine rings is 1. The summed E-state index contributed by atoms with van der Waals surface area (Å²) in [4.78, 5) is 6.84. The zero-order valence-corrected chi connectivity index (χ0v) is 18.8. The topological polar surface area (TPSA) is 96.0 Å². The first-order valence-corrected chi connectivity index (χ1v) is 10.5. The van der Waals surface area contributed by atoms with Crippen molar-refractivity contribution < 1.29 is 9.84 Å². The molecule has 0 amide bonds. The minimum atomic E-state index is -0.942. The number of aromatic nitrogens is 1. The summed E-state index contributed by atoms with van der Waals surface area (Å²) in [5.41, 5.74) is 12.2. The monoisotopic (exact) mass is 413 g/mol. The van der Waals surface area contributed by atoms with Crippen LogP contribution in [-0.4, -0.2) is 41.6 Å². The van der Waals surface area contributed by atoms with Crippen molar-refractivity contribution in [2.24, 2.45) is 5.10 Å². The Balaban J connectivity index is 2.28. The van der Waals surface area contributed by atoms with E-state index in [-0.39, 0.29) is 6.61 Å². The van der Waals surface area contributed by atoms with Gasteiger partial charge in [0.25, 0.3) is 0 Å². The molecule has 0 radical (unpaired) electrons. The van der Waals surface area contributed by atoms with Crippen molar-refractivity contribution in [3.05, 3.63) is 41.6 Å². The van der Waals surface area contributed by atoms with Crippen LogP contribution in [0.15, 0.2) is 35.4 Å². The summed E-state index contributed by atoms with van der Waals surface area (Å²) >= 11 is 0. The van der Waals surface area contributed by atoms with Gasteiger partial charge in [0, 0.05) is 24.8 Å². The molecule has 1 aromatic carbocycles. The number of nitrogens with one attached hydrogen (secondary N) is 1. The fourth-order valence-electron chi connectivity index (χ4n) is 2.93. The molecule has 0 aliphatic heterocycles. The summed E-state index contributed by atoms with van der Waals surface area (Å²) in [6.45, 7) is 11.8. The van der Waals surface area contributed by atoms with Crippen LogP contribution in [0, 0.1) is 6.92 Å². The maximum atomic E-state index is 10.00. The molecule has 30 heavy (non-hydrogen) atoms. The molecule has 0 unspecified atom stereocenters. The van der Waals surface area contributed by atoms with Gasteiger partial charge < -0.3 is 20.5 Å². The maximum Gasteiger partial charge on any atom is 0.216 e. The second-order valence-corrected chi connectivity index (χ2v) is 8.14. The Kier molecular flexibility index (Phi) is 8.47. The van der Waals surface area contributed by atoms with E-state index in [0.717, 1.165) is 42.9 Å². The average Bonchev–Trinajstić information content (AvgIpc) is 2.68. The van der Waals surface area contributed by atoms with Gasteiger partial charge in [-0.3, -0.25) is 5.43 Å².